The van der Waals surface area contributed by atoms with Crippen LogP contribution < -0.4 is 22.9 Å². The predicted molar refractivity (Wildman–Crippen MR) is 98.2 cm³/mol. The number of hydrogen-bond acceptors (Lipinski definition) is 6. The molecule has 0 saturated heterocycles. The first-order valence-corrected chi connectivity index (χ1v) is 7.19. The van der Waals surface area contributed by atoms with Crippen LogP contribution in [0.2, 0.25) is 0 Å². The molecule has 0 aliphatic rings. The van der Waals surface area contributed by atoms with Gasteiger partial charge in [0.15, 0.2) is 5.78 Å². The van der Waals surface area contributed by atoms with E-state index in [9.17, 15) is 4.79 Å². The van der Waals surface area contributed by atoms with Crippen LogP contribution in [-0.2, 0) is 0 Å². The molecular weight excluding hydrogens is 302 g/mol. The number of rotatable bonds is 2. The minimum Gasteiger partial charge on any atom is -0.399 e. The Bertz CT molecular complexity index is 749. The van der Waals surface area contributed by atoms with Gasteiger partial charge in [0.2, 0.25) is 0 Å². The number of carbonyl (C=O) groups is 1. The lowest BCUT2D eigenvalue weighted by Crippen LogP contribution is -2.01. The molecule has 0 amide bonds. The van der Waals surface area contributed by atoms with E-state index < -0.39 is 0 Å². The summed E-state index contributed by atoms with van der Waals surface area (Å²) in [6.45, 7) is 0. The van der Waals surface area contributed by atoms with Gasteiger partial charge in [-0.3, -0.25) is 4.79 Å². The minimum absolute atomic E-state index is 0.0278. The average Bonchev–Trinajstić information content (AvgIpc) is 2.56. The monoisotopic (exact) mass is 321 g/mol. The van der Waals surface area contributed by atoms with Crippen LogP contribution in [0, 0.1) is 0 Å². The maximum absolute atomic E-state index is 12.0. The summed E-state index contributed by atoms with van der Waals surface area (Å²) in [4.78, 5) is 15.7. The highest BCUT2D eigenvalue weighted by molar-refractivity contribution is 6.09. The fourth-order valence-electron chi connectivity index (χ4n) is 1.90. The first-order valence-electron chi connectivity index (χ1n) is 7.19. The van der Waals surface area contributed by atoms with E-state index >= 15 is 0 Å². The lowest BCUT2D eigenvalue weighted by molar-refractivity contribution is 0.103. The van der Waals surface area contributed by atoms with Crippen LogP contribution in [0.3, 0.4) is 0 Å². The highest BCUT2D eigenvalue weighted by atomic mass is 16.1. The van der Waals surface area contributed by atoms with E-state index in [-0.39, 0.29) is 5.78 Å². The molecule has 0 aliphatic carbocycles. The number of ketones is 1. The van der Waals surface area contributed by atoms with E-state index in [1.807, 2.05) is 0 Å². The van der Waals surface area contributed by atoms with Gasteiger partial charge in [-0.15, -0.1) is 0 Å². The zero-order chi connectivity index (χ0) is 17.5. The number of nitrogen functional groups attached to an aromatic ring is 4. The Morgan fingerprint density at radius 1 is 0.625 bits per heavy atom. The summed E-state index contributed by atoms with van der Waals surface area (Å²) < 4.78 is 0. The van der Waals surface area contributed by atoms with Crippen LogP contribution in [0.4, 0.5) is 23.0 Å². The Balaban J connectivity index is 0.000000219. The molecule has 0 fully saturated rings. The number of nitrogens with zero attached hydrogens (tertiary/aromatic N) is 1. The summed E-state index contributed by atoms with van der Waals surface area (Å²) in [5.74, 6) is 0.898. The van der Waals surface area contributed by atoms with Gasteiger partial charge in [-0.05, 0) is 60.7 Å². The Labute approximate surface area is 140 Å². The van der Waals surface area contributed by atoms with E-state index in [4.69, 9.17) is 22.9 Å². The Morgan fingerprint density at radius 2 is 1.00 bits per heavy atom. The topological polar surface area (TPSA) is 134 Å². The number of benzene rings is 2. The molecule has 0 aliphatic heterocycles. The Morgan fingerprint density at radius 3 is 1.29 bits per heavy atom. The second kappa shape index (κ2) is 7.64. The molecular formula is C18H19N5O. The molecule has 3 aromatic rings. The molecule has 0 unspecified atom stereocenters. The normalized spacial score (nSPS) is 9.67. The predicted octanol–water partition coefficient (Wildman–Crippen LogP) is 2.33. The van der Waals surface area contributed by atoms with Crippen molar-refractivity contribution in [2.45, 2.75) is 0 Å². The molecule has 0 spiro atoms. The van der Waals surface area contributed by atoms with Gasteiger partial charge in [0, 0.05) is 22.5 Å². The molecule has 0 bridgehead atoms. The van der Waals surface area contributed by atoms with Crippen LogP contribution in [0.25, 0.3) is 0 Å². The minimum atomic E-state index is -0.0278. The molecule has 2 aromatic carbocycles. The number of carbonyl (C=O) groups excluding carboxylic acids is 1. The summed E-state index contributed by atoms with van der Waals surface area (Å²) in [6, 6.07) is 18.9. The van der Waals surface area contributed by atoms with Crippen LogP contribution in [0.1, 0.15) is 15.9 Å². The van der Waals surface area contributed by atoms with Crippen LogP contribution in [0.5, 0.6) is 0 Å². The quantitative estimate of drug-likeness (QED) is 0.423. The molecule has 1 heterocycles. The van der Waals surface area contributed by atoms with E-state index in [1.165, 1.54) is 0 Å². The highest BCUT2D eigenvalue weighted by Crippen LogP contribution is 2.13. The van der Waals surface area contributed by atoms with Crippen molar-refractivity contribution in [3.05, 3.63) is 77.9 Å². The van der Waals surface area contributed by atoms with Crippen LogP contribution in [0.15, 0.2) is 66.7 Å². The van der Waals surface area contributed by atoms with Gasteiger partial charge in [-0.1, -0.05) is 6.07 Å². The second-order valence-electron chi connectivity index (χ2n) is 5.06. The Hall–Kier alpha value is -3.54. The van der Waals surface area contributed by atoms with Gasteiger partial charge < -0.3 is 22.9 Å². The number of anilines is 4. The van der Waals surface area contributed by atoms with Crippen molar-refractivity contribution < 1.29 is 4.79 Å². The van der Waals surface area contributed by atoms with Gasteiger partial charge in [0.25, 0.3) is 0 Å². The third-order valence-electron chi connectivity index (χ3n) is 3.14. The number of pyridine rings is 1. The first-order chi connectivity index (χ1) is 11.5. The average molecular weight is 321 g/mol. The third-order valence-corrected chi connectivity index (χ3v) is 3.14. The standard InChI is InChI=1S/C13H12N2O.C5H7N3/c14-11-5-1-9(2-6-11)13(16)10-3-7-12(15)8-4-10;6-4-2-1-3-5(7)8-4/h1-8H,14-15H2;1-3H,(H4,6,7,8). The SMILES string of the molecule is Nc1ccc(C(=O)c2ccc(N)cc2)cc1.Nc1cccc(N)n1. The number of aromatic nitrogens is 1. The summed E-state index contributed by atoms with van der Waals surface area (Å²) in [5, 5.41) is 0. The fourth-order valence-corrected chi connectivity index (χ4v) is 1.90. The number of nitrogens with two attached hydrogens (primary N) is 4. The van der Waals surface area contributed by atoms with Gasteiger partial charge in [-0.25, -0.2) is 4.98 Å². The fraction of sp³-hybridized carbons (Fsp3) is 0. The smallest absolute Gasteiger partial charge is 0.193 e. The second-order valence-corrected chi connectivity index (χ2v) is 5.06. The lowest BCUT2D eigenvalue weighted by Gasteiger charge is -2.02. The van der Waals surface area contributed by atoms with Crippen molar-refractivity contribution in [2.75, 3.05) is 22.9 Å². The van der Waals surface area contributed by atoms with Crippen molar-refractivity contribution in [1.29, 1.82) is 0 Å². The largest absolute Gasteiger partial charge is 0.399 e. The van der Waals surface area contributed by atoms with Gasteiger partial charge in [0.1, 0.15) is 11.6 Å². The van der Waals surface area contributed by atoms with E-state index in [2.05, 4.69) is 4.98 Å². The highest BCUT2D eigenvalue weighted by Gasteiger charge is 2.07. The molecule has 6 heteroatoms. The molecule has 24 heavy (non-hydrogen) atoms. The molecule has 1 aromatic heterocycles. The maximum atomic E-state index is 12.0. The Kier molecular flexibility index (Phi) is 5.36. The first kappa shape index (κ1) is 16.8. The summed E-state index contributed by atoms with van der Waals surface area (Å²) in [5.41, 5.74) is 24.2. The molecule has 0 atom stereocenters. The van der Waals surface area contributed by atoms with Crippen LogP contribution >= 0.6 is 0 Å². The summed E-state index contributed by atoms with van der Waals surface area (Å²) in [7, 11) is 0. The van der Waals surface area contributed by atoms with Crippen molar-refractivity contribution in [2.24, 2.45) is 0 Å². The van der Waals surface area contributed by atoms with Gasteiger partial charge in [0.05, 0.1) is 0 Å². The van der Waals surface area contributed by atoms with Gasteiger partial charge >= 0.3 is 0 Å². The van der Waals surface area contributed by atoms with E-state index in [0.717, 1.165) is 0 Å². The third kappa shape index (κ3) is 4.74. The molecule has 8 N–H and O–H groups in total. The maximum Gasteiger partial charge on any atom is 0.193 e. The molecule has 3 rings (SSSR count). The van der Waals surface area contributed by atoms with Crippen LogP contribution in [-0.4, -0.2) is 10.8 Å². The molecule has 0 radical (unpaired) electrons. The molecule has 122 valence electrons. The van der Waals surface area contributed by atoms with Crippen molar-refractivity contribution >= 4 is 28.8 Å². The van der Waals surface area contributed by atoms with Gasteiger partial charge in [-0.2, -0.15) is 0 Å². The van der Waals surface area contributed by atoms with E-state index in [1.54, 1.807) is 66.7 Å². The lowest BCUT2D eigenvalue weighted by atomic mass is 10.0. The summed E-state index contributed by atoms with van der Waals surface area (Å²) in [6.07, 6.45) is 0. The molecule has 0 saturated carbocycles. The van der Waals surface area contributed by atoms with E-state index in [0.29, 0.717) is 34.1 Å². The van der Waals surface area contributed by atoms with Crippen molar-refractivity contribution in [3.8, 4) is 0 Å². The number of hydrogen-bond donors (Lipinski definition) is 4. The zero-order valence-electron chi connectivity index (χ0n) is 13.0. The molecule has 6 nitrogen and oxygen atoms in total. The summed E-state index contributed by atoms with van der Waals surface area (Å²) >= 11 is 0. The van der Waals surface area contributed by atoms with Crippen molar-refractivity contribution in [1.82, 2.24) is 4.98 Å². The van der Waals surface area contributed by atoms with Crippen molar-refractivity contribution in [3.63, 3.8) is 0 Å². The zero-order valence-corrected chi connectivity index (χ0v) is 13.0.